The van der Waals surface area contributed by atoms with Crippen molar-refractivity contribution in [2.75, 3.05) is 50.7 Å². The third kappa shape index (κ3) is 5.87. The molecule has 3 aliphatic heterocycles. The number of piperazine rings is 1. The summed E-state index contributed by atoms with van der Waals surface area (Å²) in [6, 6.07) is 6.20. The first-order valence-corrected chi connectivity index (χ1v) is 9.62. The molecule has 2 atom stereocenters. The van der Waals surface area contributed by atoms with Crippen LogP contribution < -0.4 is 10.2 Å². The molecule has 3 saturated heterocycles. The van der Waals surface area contributed by atoms with E-state index in [-0.39, 0.29) is 43.3 Å². The van der Waals surface area contributed by atoms with E-state index in [4.69, 9.17) is 5.26 Å². The second kappa shape index (κ2) is 11.8. The maximum absolute atomic E-state index is 12.6. The van der Waals surface area contributed by atoms with Gasteiger partial charge in [0.25, 0.3) is 0 Å². The molecule has 4 heterocycles. The van der Waals surface area contributed by atoms with Crippen LogP contribution in [0.15, 0.2) is 18.3 Å². The van der Waals surface area contributed by atoms with Crippen molar-refractivity contribution in [3.63, 3.8) is 0 Å². The van der Waals surface area contributed by atoms with Crippen LogP contribution >= 0.6 is 37.2 Å². The lowest BCUT2D eigenvalue weighted by molar-refractivity contribution is -0.132. The van der Waals surface area contributed by atoms with E-state index in [1.165, 1.54) is 0 Å². The second-order valence-electron chi connectivity index (χ2n) is 7.42. The first kappa shape index (κ1) is 25.7. The van der Waals surface area contributed by atoms with Gasteiger partial charge in [0.15, 0.2) is 0 Å². The smallest absolute Gasteiger partial charge is 0.239 e. The Bertz CT molecular complexity index is 701. The number of aromatic nitrogens is 1. The van der Waals surface area contributed by atoms with Gasteiger partial charge in [-0.05, 0) is 31.4 Å². The normalized spacial score (nSPS) is 24.1. The Hall–Kier alpha value is -1.30. The molecule has 3 fully saturated rings. The monoisotopic (exact) mass is 462 g/mol. The van der Waals surface area contributed by atoms with E-state index < -0.39 is 0 Å². The molecule has 1 aromatic rings. The number of nitriles is 1. The average molecular weight is 464 g/mol. The lowest BCUT2D eigenvalue weighted by atomic mass is 10.1. The van der Waals surface area contributed by atoms with Crippen molar-refractivity contribution in [3.8, 4) is 6.07 Å². The molecule has 0 aromatic carbocycles. The van der Waals surface area contributed by atoms with Crippen molar-refractivity contribution < 1.29 is 4.79 Å². The van der Waals surface area contributed by atoms with Crippen LogP contribution in [0.4, 0.5) is 5.82 Å². The fraction of sp³-hybridized carbons (Fsp3) is 0.632. The number of nitrogens with one attached hydrogen (secondary N) is 1. The number of likely N-dealkylation sites (tertiary alicyclic amines) is 1. The zero-order valence-electron chi connectivity index (χ0n) is 16.3. The van der Waals surface area contributed by atoms with E-state index in [1.807, 2.05) is 11.0 Å². The molecule has 0 spiro atoms. The number of anilines is 1. The minimum Gasteiger partial charge on any atom is -0.354 e. The maximum atomic E-state index is 12.6. The van der Waals surface area contributed by atoms with Crippen LogP contribution in [0.5, 0.6) is 0 Å². The lowest BCUT2D eigenvalue weighted by Gasteiger charge is -2.38. The highest BCUT2D eigenvalue weighted by Gasteiger charge is 2.36. The summed E-state index contributed by atoms with van der Waals surface area (Å²) in [5.74, 6) is 1.18. The number of pyridine rings is 1. The zero-order valence-corrected chi connectivity index (χ0v) is 18.8. The molecule has 7 nitrogen and oxygen atoms in total. The molecular weight excluding hydrogens is 435 g/mol. The van der Waals surface area contributed by atoms with E-state index in [1.54, 1.807) is 12.3 Å². The van der Waals surface area contributed by atoms with E-state index >= 15 is 0 Å². The summed E-state index contributed by atoms with van der Waals surface area (Å²) in [6.07, 6.45) is 4.91. The molecule has 1 amide bonds. The minimum atomic E-state index is -0.00916. The molecule has 4 rings (SSSR count). The van der Waals surface area contributed by atoms with Gasteiger partial charge in [0.2, 0.25) is 5.91 Å². The fourth-order valence-corrected chi connectivity index (χ4v) is 4.32. The van der Waals surface area contributed by atoms with Crippen LogP contribution in [0.1, 0.15) is 24.8 Å². The minimum absolute atomic E-state index is 0. The summed E-state index contributed by atoms with van der Waals surface area (Å²) in [4.78, 5) is 23.7. The number of amides is 1. The van der Waals surface area contributed by atoms with Gasteiger partial charge >= 0.3 is 0 Å². The summed E-state index contributed by atoms with van der Waals surface area (Å²) in [5, 5.41) is 12.5. The Labute approximate surface area is 191 Å². The highest BCUT2D eigenvalue weighted by Crippen LogP contribution is 2.21. The van der Waals surface area contributed by atoms with E-state index in [2.05, 4.69) is 26.2 Å². The summed E-state index contributed by atoms with van der Waals surface area (Å²) in [6.45, 7) is 6.49. The predicted octanol–water partition coefficient (Wildman–Crippen LogP) is 1.69. The summed E-state index contributed by atoms with van der Waals surface area (Å²) < 4.78 is 0. The fourth-order valence-electron chi connectivity index (χ4n) is 4.32. The van der Waals surface area contributed by atoms with Crippen LogP contribution in [-0.4, -0.2) is 78.6 Å². The topological polar surface area (TPSA) is 75.5 Å². The van der Waals surface area contributed by atoms with Gasteiger partial charge < -0.3 is 15.1 Å². The van der Waals surface area contributed by atoms with Crippen molar-refractivity contribution >= 4 is 48.9 Å². The number of hydrogen-bond acceptors (Lipinski definition) is 6. The Morgan fingerprint density at radius 1 is 1.10 bits per heavy atom. The van der Waals surface area contributed by atoms with Crippen molar-refractivity contribution in [2.24, 2.45) is 0 Å². The third-order valence-electron chi connectivity index (χ3n) is 5.85. The van der Waals surface area contributed by atoms with Crippen molar-refractivity contribution in [3.05, 3.63) is 23.9 Å². The quantitative estimate of drug-likeness (QED) is 0.735. The summed E-state index contributed by atoms with van der Waals surface area (Å²) in [7, 11) is 0. The van der Waals surface area contributed by atoms with Crippen molar-refractivity contribution in [1.29, 1.82) is 5.26 Å². The van der Waals surface area contributed by atoms with Gasteiger partial charge in [-0.1, -0.05) is 0 Å². The Morgan fingerprint density at radius 3 is 2.45 bits per heavy atom. The highest BCUT2D eigenvalue weighted by atomic mass is 35.5. The Morgan fingerprint density at radius 2 is 1.79 bits per heavy atom. The largest absolute Gasteiger partial charge is 0.354 e. The van der Waals surface area contributed by atoms with Crippen molar-refractivity contribution in [1.82, 2.24) is 20.1 Å². The Kier molecular flexibility index (Phi) is 10.4. The van der Waals surface area contributed by atoms with Gasteiger partial charge in [-0.15, -0.1) is 37.2 Å². The third-order valence-corrected chi connectivity index (χ3v) is 5.85. The number of nitrogens with zero attached hydrogens (tertiary/aromatic N) is 5. The van der Waals surface area contributed by atoms with E-state index in [0.717, 1.165) is 70.9 Å². The number of rotatable bonds is 3. The number of carbonyl (C=O) groups excluding carboxylic acids is 1. The number of hydrogen-bond donors (Lipinski definition) is 1. The maximum Gasteiger partial charge on any atom is 0.239 e. The van der Waals surface area contributed by atoms with Crippen LogP contribution in [0, 0.1) is 11.3 Å². The molecule has 162 valence electrons. The van der Waals surface area contributed by atoms with Gasteiger partial charge in [-0.2, -0.15) is 5.26 Å². The highest BCUT2D eigenvalue weighted by molar-refractivity contribution is 5.86. The molecule has 0 radical (unpaired) electrons. The van der Waals surface area contributed by atoms with Crippen LogP contribution in [0.2, 0.25) is 0 Å². The van der Waals surface area contributed by atoms with Crippen LogP contribution in [0.25, 0.3) is 0 Å². The molecule has 3 aliphatic rings. The number of halogens is 3. The molecular formula is C19H29Cl3N6O. The predicted molar refractivity (Wildman–Crippen MR) is 120 cm³/mol. The van der Waals surface area contributed by atoms with Gasteiger partial charge in [0.05, 0.1) is 17.7 Å². The summed E-state index contributed by atoms with van der Waals surface area (Å²) >= 11 is 0. The standard InChI is InChI=1S/C19H26N6O.3ClH/c20-13-15-3-4-21-18(11-15)24-9-7-23(8-10-24)16-12-17(22-14-16)19(26)25-5-1-2-6-25;;;/h3-4,11,16-17,22H,1-2,5-10,12,14H2;3*1H. The van der Waals surface area contributed by atoms with Crippen LogP contribution in [-0.2, 0) is 4.79 Å². The van der Waals surface area contributed by atoms with E-state index in [0.29, 0.717) is 17.5 Å². The molecule has 29 heavy (non-hydrogen) atoms. The molecule has 0 aliphatic carbocycles. The molecule has 0 saturated carbocycles. The molecule has 0 bridgehead atoms. The van der Waals surface area contributed by atoms with Crippen molar-refractivity contribution in [2.45, 2.75) is 31.3 Å². The molecule has 1 N–H and O–H groups in total. The number of carbonyl (C=O) groups is 1. The van der Waals surface area contributed by atoms with Gasteiger partial charge in [-0.25, -0.2) is 4.98 Å². The van der Waals surface area contributed by atoms with Gasteiger partial charge in [0.1, 0.15) is 5.82 Å². The van der Waals surface area contributed by atoms with E-state index in [9.17, 15) is 4.79 Å². The first-order chi connectivity index (χ1) is 12.7. The SMILES string of the molecule is Cl.Cl.Cl.N#Cc1ccnc(N2CCN(C3CNC(C(=O)N4CCCC4)C3)CC2)c1. The van der Waals surface area contributed by atoms with Gasteiger partial charge in [0, 0.05) is 58.1 Å². The molecule has 2 unspecified atom stereocenters. The lowest BCUT2D eigenvalue weighted by Crippen LogP contribution is -2.51. The first-order valence-electron chi connectivity index (χ1n) is 9.62. The Balaban J connectivity index is 0.00000140. The molecule has 10 heteroatoms. The second-order valence-corrected chi connectivity index (χ2v) is 7.42. The van der Waals surface area contributed by atoms with Gasteiger partial charge in [-0.3, -0.25) is 9.69 Å². The molecule has 1 aromatic heterocycles. The average Bonchev–Trinajstić information content (AvgIpc) is 3.40. The summed E-state index contributed by atoms with van der Waals surface area (Å²) in [5.41, 5.74) is 0.653. The zero-order chi connectivity index (χ0) is 17.9. The van der Waals surface area contributed by atoms with Crippen LogP contribution in [0.3, 0.4) is 0 Å².